The molecule has 0 aliphatic rings. The van der Waals surface area contributed by atoms with Crippen LogP contribution in [-0.2, 0) is 9.53 Å². The number of methoxy groups -OCH3 is 1. The highest BCUT2D eigenvalue weighted by Gasteiger charge is 2.09. The van der Waals surface area contributed by atoms with Crippen molar-refractivity contribution in [2.24, 2.45) is 0 Å². The second-order valence-electron chi connectivity index (χ2n) is 2.83. The van der Waals surface area contributed by atoms with Crippen LogP contribution in [0.3, 0.4) is 0 Å². The van der Waals surface area contributed by atoms with E-state index < -0.39 is 5.97 Å². The molecule has 0 radical (unpaired) electrons. The Hall–Kier alpha value is -1.47. The summed E-state index contributed by atoms with van der Waals surface area (Å²) in [6.45, 7) is 1.36. The molecule has 5 nitrogen and oxygen atoms in total. The maximum absolute atomic E-state index is 11.1. The van der Waals surface area contributed by atoms with E-state index in [0.29, 0.717) is 10.6 Å². The second-order valence-corrected chi connectivity index (χ2v) is 4.15. The van der Waals surface area contributed by atoms with Crippen LogP contribution < -0.4 is 10.6 Å². The molecule has 1 aromatic rings. The van der Waals surface area contributed by atoms with Crippen molar-refractivity contribution < 1.29 is 14.3 Å². The molecular weight excluding hydrogens is 248 g/mol. The fourth-order valence-corrected chi connectivity index (χ4v) is 2.02. The molecule has 2 N–H and O–H groups in total. The lowest BCUT2D eigenvalue weighted by molar-refractivity contribution is -0.117. The molecule has 0 saturated heterocycles. The normalized spacial score (nSPS) is 9.38. The molecular formula is C9H10N2O3S2. The average molecular weight is 258 g/mol. The third kappa shape index (κ3) is 3.59. The van der Waals surface area contributed by atoms with Crippen LogP contribution in [0.15, 0.2) is 11.4 Å². The summed E-state index contributed by atoms with van der Waals surface area (Å²) >= 11 is 6.16. The molecule has 1 amide bonds. The average Bonchev–Trinajstić information content (AvgIpc) is 2.63. The lowest BCUT2D eigenvalue weighted by Gasteiger charge is -2.04. The van der Waals surface area contributed by atoms with Gasteiger partial charge in [0.2, 0.25) is 5.91 Å². The van der Waals surface area contributed by atoms with Crippen LogP contribution in [0.2, 0.25) is 0 Å². The highest BCUT2D eigenvalue weighted by molar-refractivity contribution is 7.80. The van der Waals surface area contributed by atoms with Gasteiger partial charge in [-0.2, -0.15) is 0 Å². The molecule has 1 heterocycles. The number of hydrogen-bond acceptors (Lipinski definition) is 5. The van der Waals surface area contributed by atoms with Gasteiger partial charge in [0.05, 0.1) is 17.7 Å². The number of hydrogen-bond donors (Lipinski definition) is 2. The van der Waals surface area contributed by atoms with Crippen LogP contribution >= 0.6 is 23.6 Å². The highest BCUT2D eigenvalue weighted by atomic mass is 32.1. The van der Waals surface area contributed by atoms with Crippen LogP contribution in [0.5, 0.6) is 0 Å². The first-order valence-electron chi connectivity index (χ1n) is 4.28. The van der Waals surface area contributed by atoms with Gasteiger partial charge in [-0.15, -0.1) is 11.3 Å². The first-order valence-corrected chi connectivity index (χ1v) is 5.57. The number of rotatable bonds is 2. The van der Waals surface area contributed by atoms with Crippen molar-refractivity contribution in [3.8, 4) is 0 Å². The van der Waals surface area contributed by atoms with Crippen LogP contribution in [0.25, 0.3) is 0 Å². The van der Waals surface area contributed by atoms with Crippen molar-refractivity contribution in [2.45, 2.75) is 6.92 Å². The number of carbonyl (C=O) groups excluding carboxylic acids is 2. The Morgan fingerprint density at radius 1 is 1.50 bits per heavy atom. The van der Waals surface area contributed by atoms with E-state index in [1.165, 1.54) is 25.4 Å². The Morgan fingerprint density at radius 3 is 2.75 bits per heavy atom. The van der Waals surface area contributed by atoms with Gasteiger partial charge in [0.15, 0.2) is 5.11 Å². The predicted molar refractivity (Wildman–Crippen MR) is 65.7 cm³/mol. The van der Waals surface area contributed by atoms with E-state index in [2.05, 4.69) is 15.4 Å². The highest BCUT2D eigenvalue weighted by Crippen LogP contribution is 2.20. The smallest absolute Gasteiger partial charge is 0.338 e. The van der Waals surface area contributed by atoms with Gasteiger partial charge in [-0.25, -0.2) is 4.79 Å². The number of amides is 1. The summed E-state index contributed by atoms with van der Waals surface area (Å²) in [6, 6.07) is 1.60. The minimum atomic E-state index is -0.408. The third-order valence-corrected chi connectivity index (χ3v) is 2.60. The molecule has 0 aliphatic heterocycles. The molecule has 0 saturated carbocycles. The summed E-state index contributed by atoms with van der Waals surface area (Å²) in [5.74, 6) is -0.656. The minimum Gasteiger partial charge on any atom is -0.465 e. The fourth-order valence-electron chi connectivity index (χ4n) is 0.930. The number of thiophene rings is 1. The van der Waals surface area contributed by atoms with E-state index >= 15 is 0 Å². The van der Waals surface area contributed by atoms with Gasteiger partial charge in [0.1, 0.15) is 0 Å². The molecule has 1 rings (SSSR count). The van der Waals surface area contributed by atoms with E-state index in [9.17, 15) is 9.59 Å². The first kappa shape index (κ1) is 12.6. The minimum absolute atomic E-state index is 0.200. The Bertz CT molecular complexity index is 428. The van der Waals surface area contributed by atoms with Crippen molar-refractivity contribution in [1.82, 2.24) is 5.32 Å². The van der Waals surface area contributed by atoms with E-state index in [0.717, 1.165) is 0 Å². The molecule has 16 heavy (non-hydrogen) atoms. The number of ether oxygens (including phenoxy) is 1. The molecule has 1 aromatic heterocycles. The first-order chi connectivity index (χ1) is 7.52. The van der Waals surface area contributed by atoms with Crippen molar-refractivity contribution in [2.75, 3.05) is 12.4 Å². The molecule has 7 heteroatoms. The maximum atomic E-state index is 11.1. The van der Waals surface area contributed by atoms with E-state index in [1.54, 1.807) is 11.4 Å². The van der Waals surface area contributed by atoms with Gasteiger partial charge in [0.25, 0.3) is 0 Å². The summed E-state index contributed by atoms with van der Waals surface area (Å²) in [4.78, 5) is 21.8. The van der Waals surface area contributed by atoms with Crippen molar-refractivity contribution in [3.05, 3.63) is 17.0 Å². The zero-order chi connectivity index (χ0) is 12.1. The SMILES string of the molecule is COC(=O)c1csc(NC(=S)NC(C)=O)c1. The molecule has 0 aromatic carbocycles. The van der Waals surface area contributed by atoms with Gasteiger partial charge in [0, 0.05) is 12.3 Å². The summed E-state index contributed by atoms with van der Waals surface area (Å²) in [5, 5.41) is 7.71. The van der Waals surface area contributed by atoms with Gasteiger partial charge >= 0.3 is 5.97 Å². The molecule has 0 unspecified atom stereocenters. The summed E-state index contributed by atoms with van der Waals surface area (Å²) in [7, 11) is 1.31. The second kappa shape index (κ2) is 5.57. The number of carbonyl (C=O) groups is 2. The fraction of sp³-hybridized carbons (Fsp3) is 0.222. The number of nitrogens with one attached hydrogen (secondary N) is 2. The van der Waals surface area contributed by atoms with Crippen molar-refractivity contribution in [1.29, 1.82) is 0 Å². The summed E-state index contributed by atoms with van der Waals surface area (Å²) in [6.07, 6.45) is 0. The van der Waals surface area contributed by atoms with E-state index in [-0.39, 0.29) is 11.0 Å². The zero-order valence-corrected chi connectivity index (χ0v) is 10.3. The van der Waals surface area contributed by atoms with Gasteiger partial charge < -0.3 is 15.4 Å². The Labute approximate surface area is 102 Å². The number of esters is 1. The summed E-state index contributed by atoms with van der Waals surface area (Å²) < 4.78 is 4.56. The van der Waals surface area contributed by atoms with Crippen LogP contribution in [0.4, 0.5) is 5.00 Å². The quantitative estimate of drug-likeness (QED) is 0.619. The Kier molecular flexibility index (Phi) is 4.39. The molecule has 0 aliphatic carbocycles. The van der Waals surface area contributed by atoms with E-state index in [1.807, 2.05) is 0 Å². The largest absolute Gasteiger partial charge is 0.465 e. The Morgan fingerprint density at radius 2 is 2.19 bits per heavy atom. The van der Waals surface area contributed by atoms with Crippen LogP contribution in [-0.4, -0.2) is 24.1 Å². The lowest BCUT2D eigenvalue weighted by Crippen LogP contribution is -2.31. The van der Waals surface area contributed by atoms with Crippen molar-refractivity contribution >= 4 is 45.5 Å². The standard InChI is InChI=1S/C9H10N2O3S2/c1-5(12)10-9(15)11-7-3-6(4-16-7)8(13)14-2/h3-4H,1-2H3,(H2,10,11,12,15). The molecule has 0 spiro atoms. The molecule has 0 bridgehead atoms. The maximum Gasteiger partial charge on any atom is 0.338 e. The molecule has 0 atom stereocenters. The van der Waals surface area contributed by atoms with Crippen LogP contribution in [0.1, 0.15) is 17.3 Å². The molecule has 86 valence electrons. The Balaban J connectivity index is 2.62. The monoisotopic (exact) mass is 258 g/mol. The van der Waals surface area contributed by atoms with Crippen molar-refractivity contribution in [3.63, 3.8) is 0 Å². The van der Waals surface area contributed by atoms with Crippen LogP contribution in [0, 0.1) is 0 Å². The predicted octanol–water partition coefficient (Wildman–Crippen LogP) is 1.37. The number of thiocarbonyl (C=S) groups is 1. The summed E-state index contributed by atoms with van der Waals surface area (Å²) in [5.41, 5.74) is 0.445. The van der Waals surface area contributed by atoms with E-state index in [4.69, 9.17) is 12.2 Å². The van der Waals surface area contributed by atoms with Gasteiger partial charge in [-0.05, 0) is 18.3 Å². The third-order valence-electron chi connectivity index (χ3n) is 1.55. The van der Waals surface area contributed by atoms with Gasteiger partial charge in [-0.3, -0.25) is 4.79 Å². The van der Waals surface area contributed by atoms with Gasteiger partial charge in [-0.1, -0.05) is 0 Å². The lowest BCUT2D eigenvalue weighted by atomic mass is 10.3. The number of anilines is 1. The topological polar surface area (TPSA) is 67.4 Å². The molecule has 0 fully saturated rings. The zero-order valence-electron chi connectivity index (χ0n) is 8.70.